The van der Waals surface area contributed by atoms with Crippen LogP contribution in [0.15, 0.2) is 12.7 Å². The quantitative estimate of drug-likeness (QED) is 0.328. The number of carbonyl (C=O) groups excluding carboxylic acids is 3. The van der Waals surface area contributed by atoms with E-state index in [0.29, 0.717) is 26.0 Å². The Morgan fingerprint density at radius 1 is 1.10 bits per heavy atom. The SMILES string of the molecule is C=CC[C@@H]1CC(C)(CC(=O)OC(C)(C)C)CCN1C(=O)OC(C)(C)C.CCOC(C)=O. The summed E-state index contributed by atoms with van der Waals surface area (Å²) in [5.41, 5.74) is -1.19. The van der Waals surface area contributed by atoms with Gasteiger partial charge in [0.05, 0.1) is 13.0 Å². The van der Waals surface area contributed by atoms with E-state index in [4.69, 9.17) is 9.47 Å². The third-order valence-corrected chi connectivity index (χ3v) is 4.53. The van der Waals surface area contributed by atoms with Crippen molar-refractivity contribution in [3.05, 3.63) is 12.7 Å². The van der Waals surface area contributed by atoms with Gasteiger partial charge in [-0.2, -0.15) is 0 Å². The van der Waals surface area contributed by atoms with E-state index in [1.165, 1.54) is 6.92 Å². The van der Waals surface area contributed by atoms with Gasteiger partial charge in [-0.25, -0.2) is 4.79 Å². The Kier molecular flexibility index (Phi) is 11.3. The molecule has 1 aliphatic rings. The number of amides is 1. The minimum absolute atomic E-state index is 0.00598. The van der Waals surface area contributed by atoms with Crippen molar-refractivity contribution in [3.8, 4) is 0 Å². The maximum Gasteiger partial charge on any atom is 0.410 e. The van der Waals surface area contributed by atoms with Crippen LogP contribution in [0.2, 0.25) is 0 Å². The molecule has 1 fully saturated rings. The third-order valence-electron chi connectivity index (χ3n) is 4.53. The average Bonchev–Trinajstić information content (AvgIpc) is 2.51. The molecule has 0 bridgehead atoms. The molecule has 1 amide bonds. The van der Waals surface area contributed by atoms with E-state index in [1.54, 1.807) is 11.8 Å². The lowest BCUT2D eigenvalue weighted by Gasteiger charge is -2.44. The van der Waals surface area contributed by atoms with Crippen molar-refractivity contribution in [2.24, 2.45) is 5.41 Å². The molecule has 1 heterocycles. The van der Waals surface area contributed by atoms with Crippen molar-refractivity contribution in [2.75, 3.05) is 13.2 Å². The Labute approximate surface area is 188 Å². The summed E-state index contributed by atoms with van der Waals surface area (Å²) in [6.45, 7) is 21.4. The monoisotopic (exact) mass is 441 g/mol. The molecule has 0 saturated carbocycles. The smallest absolute Gasteiger partial charge is 0.410 e. The second-order valence-corrected chi connectivity index (χ2v) is 10.3. The van der Waals surface area contributed by atoms with Crippen molar-refractivity contribution in [2.45, 2.75) is 105 Å². The van der Waals surface area contributed by atoms with Crippen LogP contribution < -0.4 is 0 Å². The fraction of sp³-hybridized carbons (Fsp3) is 0.792. The molecular formula is C24H43NO6. The van der Waals surface area contributed by atoms with Crippen molar-refractivity contribution >= 4 is 18.0 Å². The van der Waals surface area contributed by atoms with Gasteiger partial charge >= 0.3 is 18.0 Å². The highest BCUT2D eigenvalue weighted by molar-refractivity contribution is 5.71. The predicted molar refractivity (Wildman–Crippen MR) is 122 cm³/mol. The molecule has 0 aromatic carbocycles. The molecule has 1 aliphatic heterocycles. The number of hydrogen-bond acceptors (Lipinski definition) is 6. The topological polar surface area (TPSA) is 82.1 Å². The number of ether oxygens (including phenoxy) is 3. The largest absolute Gasteiger partial charge is 0.466 e. The molecule has 7 nitrogen and oxygen atoms in total. The molecule has 7 heteroatoms. The van der Waals surface area contributed by atoms with Crippen LogP contribution in [0.4, 0.5) is 4.79 Å². The molecule has 0 N–H and O–H groups in total. The van der Waals surface area contributed by atoms with E-state index < -0.39 is 11.2 Å². The summed E-state index contributed by atoms with van der Waals surface area (Å²) >= 11 is 0. The van der Waals surface area contributed by atoms with Crippen LogP contribution in [0, 0.1) is 5.41 Å². The highest BCUT2D eigenvalue weighted by Crippen LogP contribution is 2.39. The van der Waals surface area contributed by atoms with Gasteiger partial charge in [-0.1, -0.05) is 13.0 Å². The molecule has 0 aromatic heterocycles. The molecule has 1 rings (SSSR count). The van der Waals surface area contributed by atoms with E-state index in [1.807, 2.05) is 47.6 Å². The standard InChI is InChI=1S/C20H35NO4.C4H8O2/c1-9-10-15-13-20(8,14-16(22)24-18(2,3)4)11-12-21(15)17(23)25-19(5,6)7;1-3-6-4(2)5/h9,15H,1,10-14H2,2-8H3;3H2,1-2H3/t15-,20?;/m1./s1. The summed E-state index contributed by atoms with van der Waals surface area (Å²) in [6.07, 6.45) is 4.06. The first-order chi connectivity index (χ1) is 14.0. The first kappa shape index (κ1) is 28.9. The zero-order valence-corrected chi connectivity index (χ0v) is 21.0. The van der Waals surface area contributed by atoms with Gasteiger partial charge in [-0.3, -0.25) is 9.59 Å². The summed E-state index contributed by atoms with van der Waals surface area (Å²) in [5.74, 6) is -0.393. The van der Waals surface area contributed by atoms with Crippen LogP contribution in [0.25, 0.3) is 0 Å². The number of hydrogen-bond donors (Lipinski definition) is 0. The molecule has 1 unspecified atom stereocenters. The molecule has 2 atom stereocenters. The molecule has 0 spiro atoms. The van der Waals surface area contributed by atoms with E-state index in [0.717, 1.165) is 12.8 Å². The maximum atomic E-state index is 12.5. The van der Waals surface area contributed by atoms with Crippen LogP contribution in [-0.4, -0.2) is 53.3 Å². The fourth-order valence-corrected chi connectivity index (χ4v) is 3.41. The highest BCUT2D eigenvalue weighted by atomic mass is 16.6. The fourth-order valence-electron chi connectivity index (χ4n) is 3.41. The Balaban J connectivity index is 0.00000131. The van der Waals surface area contributed by atoms with Crippen LogP contribution in [0.5, 0.6) is 0 Å². The zero-order chi connectivity index (χ0) is 24.5. The van der Waals surface area contributed by atoms with E-state index in [2.05, 4.69) is 18.2 Å². The zero-order valence-electron chi connectivity index (χ0n) is 21.0. The van der Waals surface area contributed by atoms with Gasteiger partial charge < -0.3 is 19.1 Å². The maximum absolute atomic E-state index is 12.5. The van der Waals surface area contributed by atoms with Crippen molar-refractivity contribution in [3.63, 3.8) is 0 Å². The number of likely N-dealkylation sites (tertiary alicyclic amines) is 1. The van der Waals surface area contributed by atoms with Crippen LogP contribution in [-0.2, 0) is 23.8 Å². The van der Waals surface area contributed by atoms with E-state index in [-0.39, 0.29) is 29.5 Å². The number of carbonyl (C=O) groups is 3. The second-order valence-electron chi connectivity index (χ2n) is 10.3. The average molecular weight is 442 g/mol. The third kappa shape index (κ3) is 13.1. The van der Waals surface area contributed by atoms with E-state index in [9.17, 15) is 14.4 Å². The van der Waals surface area contributed by atoms with Gasteiger partial charge in [0, 0.05) is 19.5 Å². The number of rotatable bonds is 5. The predicted octanol–water partition coefficient (Wildman–Crippen LogP) is 5.27. The lowest BCUT2D eigenvalue weighted by molar-refractivity contribution is -0.158. The Bertz CT molecular complexity index is 617. The summed E-state index contributed by atoms with van der Waals surface area (Å²) in [7, 11) is 0. The summed E-state index contributed by atoms with van der Waals surface area (Å²) in [5, 5.41) is 0. The normalized spacial score (nSPS) is 21.3. The van der Waals surface area contributed by atoms with Crippen molar-refractivity contribution < 1.29 is 28.6 Å². The lowest BCUT2D eigenvalue weighted by atomic mass is 9.74. The van der Waals surface area contributed by atoms with Crippen molar-refractivity contribution in [1.29, 1.82) is 0 Å². The number of esters is 2. The van der Waals surface area contributed by atoms with Gasteiger partial charge in [0.1, 0.15) is 11.2 Å². The van der Waals surface area contributed by atoms with Crippen LogP contribution in [0.1, 0.15) is 88.0 Å². The van der Waals surface area contributed by atoms with Gasteiger partial charge in [0.2, 0.25) is 0 Å². The Morgan fingerprint density at radius 2 is 1.65 bits per heavy atom. The molecular weight excluding hydrogens is 398 g/mol. The Hall–Kier alpha value is -2.05. The lowest BCUT2D eigenvalue weighted by Crippen LogP contribution is -2.51. The van der Waals surface area contributed by atoms with E-state index >= 15 is 0 Å². The minimum atomic E-state index is -0.521. The number of nitrogens with zero attached hydrogens (tertiary/aromatic N) is 1. The molecule has 180 valence electrons. The molecule has 0 aliphatic carbocycles. The second kappa shape index (κ2) is 12.1. The Morgan fingerprint density at radius 3 is 2.03 bits per heavy atom. The number of piperidine rings is 1. The highest BCUT2D eigenvalue weighted by Gasteiger charge is 2.41. The minimum Gasteiger partial charge on any atom is -0.466 e. The van der Waals surface area contributed by atoms with Gasteiger partial charge in [-0.15, -0.1) is 6.58 Å². The molecule has 1 saturated heterocycles. The van der Waals surface area contributed by atoms with Gasteiger partial charge in [-0.05, 0) is 73.1 Å². The molecule has 0 aromatic rings. The molecule has 31 heavy (non-hydrogen) atoms. The summed E-state index contributed by atoms with van der Waals surface area (Å²) in [4.78, 5) is 36.4. The molecule has 0 radical (unpaired) electrons. The summed E-state index contributed by atoms with van der Waals surface area (Å²) in [6, 6.07) is -0.00598. The first-order valence-electron chi connectivity index (χ1n) is 11.0. The van der Waals surface area contributed by atoms with Crippen LogP contribution >= 0.6 is 0 Å². The van der Waals surface area contributed by atoms with Crippen LogP contribution in [0.3, 0.4) is 0 Å². The first-order valence-corrected chi connectivity index (χ1v) is 11.0. The van der Waals surface area contributed by atoms with Gasteiger partial charge in [0.25, 0.3) is 0 Å². The van der Waals surface area contributed by atoms with Crippen molar-refractivity contribution in [1.82, 2.24) is 4.90 Å². The van der Waals surface area contributed by atoms with Gasteiger partial charge in [0.15, 0.2) is 0 Å². The summed E-state index contributed by atoms with van der Waals surface area (Å²) < 4.78 is 15.4.